The van der Waals surface area contributed by atoms with Gasteiger partial charge in [-0.25, -0.2) is 0 Å². The molecule has 0 aliphatic heterocycles. The minimum atomic E-state index is -0.642. The molecule has 0 spiro atoms. The van der Waals surface area contributed by atoms with Crippen LogP contribution >= 0.6 is 11.8 Å². The number of hydrogen-bond acceptors (Lipinski definition) is 6. The van der Waals surface area contributed by atoms with E-state index in [0.29, 0.717) is 25.0 Å². The summed E-state index contributed by atoms with van der Waals surface area (Å²) in [5.74, 6) is -0.333. The van der Waals surface area contributed by atoms with E-state index >= 15 is 0 Å². The van der Waals surface area contributed by atoms with Crippen LogP contribution in [0, 0.1) is 5.92 Å². The molecule has 7 nitrogen and oxygen atoms in total. The van der Waals surface area contributed by atoms with E-state index in [0.717, 1.165) is 16.9 Å². The van der Waals surface area contributed by atoms with Crippen molar-refractivity contribution in [2.24, 2.45) is 5.92 Å². The number of nitrogens with one attached hydrogen (secondary N) is 2. The fraction of sp³-hybridized carbons (Fsp3) is 0.387. The lowest BCUT2D eigenvalue weighted by atomic mass is 9.98. The second-order valence-electron chi connectivity index (χ2n) is 9.28. The zero-order chi connectivity index (χ0) is 28.3. The van der Waals surface area contributed by atoms with Crippen LogP contribution in [0.5, 0.6) is 0 Å². The minimum absolute atomic E-state index is 0.0418. The van der Waals surface area contributed by atoms with Crippen molar-refractivity contribution >= 4 is 29.5 Å². The molecule has 2 aromatic rings. The molecule has 0 aliphatic rings. The summed E-state index contributed by atoms with van der Waals surface area (Å²) in [6.45, 7) is 7.19. The van der Waals surface area contributed by atoms with Gasteiger partial charge in [-0.3, -0.25) is 14.4 Å². The van der Waals surface area contributed by atoms with Crippen LogP contribution < -0.4 is 10.6 Å². The molecule has 0 bridgehead atoms. The Hall–Kier alpha value is -3.36. The van der Waals surface area contributed by atoms with Gasteiger partial charge in [-0.2, -0.15) is 11.8 Å². The minimum Gasteiger partial charge on any atom is -0.463 e. The molecular formula is C31H40N2O5S. The Balaban J connectivity index is 1.97. The molecule has 2 amide bonds. The molecule has 0 fully saturated rings. The van der Waals surface area contributed by atoms with E-state index in [-0.39, 0.29) is 43.8 Å². The van der Waals surface area contributed by atoms with Crippen molar-refractivity contribution < 1.29 is 24.2 Å². The molecule has 0 heterocycles. The molecule has 8 heteroatoms. The summed E-state index contributed by atoms with van der Waals surface area (Å²) in [5.41, 5.74) is 2.15. The number of allylic oxidation sites excluding steroid dienone is 2. The maximum atomic E-state index is 13.2. The SMILES string of the molecule is C=CCCC(=O)OCC(CSCc1ccccc1)NC(=O)C(CC=C)CC(=O)NC(CO)Cc1ccccc1. The predicted octanol–water partition coefficient (Wildman–Crippen LogP) is 4.22. The normalized spacial score (nSPS) is 12.9. The lowest BCUT2D eigenvalue weighted by Gasteiger charge is -2.23. The highest BCUT2D eigenvalue weighted by atomic mass is 32.2. The maximum Gasteiger partial charge on any atom is 0.306 e. The van der Waals surface area contributed by atoms with Crippen molar-refractivity contribution in [2.45, 2.75) is 49.9 Å². The molecule has 0 saturated carbocycles. The van der Waals surface area contributed by atoms with Crippen molar-refractivity contribution in [3.63, 3.8) is 0 Å². The Morgan fingerprint density at radius 1 is 0.923 bits per heavy atom. The van der Waals surface area contributed by atoms with Gasteiger partial charge in [-0.1, -0.05) is 72.8 Å². The number of carbonyl (C=O) groups excluding carboxylic acids is 3. The van der Waals surface area contributed by atoms with Crippen molar-refractivity contribution in [1.82, 2.24) is 10.6 Å². The number of benzene rings is 2. The van der Waals surface area contributed by atoms with Gasteiger partial charge in [-0.05, 0) is 30.4 Å². The van der Waals surface area contributed by atoms with Crippen LogP contribution in [0.15, 0.2) is 86.0 Å². The van der Waals surface area contributed by atoms with Gasteiger partial charge in [0.2, 0.25) is 11.8 Å². The molecule has 0 saturated heterocycles. The first-order chi connectivity index (χ1) is 18.9. The number of esters is 1. The van der Waals surface area contributed by atoms with E-state index in [9.17, 15) is 19.5 Å². The van der Waals surface area contributed by atoms with Crippen molar-refractivity contribution in [3.8, 4) is 0 Å². The van der Waals surface area contributed by atoms with Crippen LogP contribution in [0.1, 0.15) is 36.8 Å². The quantitative estimate of drug-likeness (QED) is 0.178. The van der Waals surface area contributed by atoms with Gasteiger partial charge in [0.1, 0.15) is 6.61 Å². The van der Waals surface area contributed by atoms with E-state index in [4.69, 9.17) is 4.74 Å². The Morgan fingerprint density at radius 3 is 2.21 bits per heavy atom. The van der Waals surface area contributed by atoms with Crippen LogP contribution in [0.2, 0.25) is 0 Å². The third kappa shape index (κ3) is 13.3. The van der Waals surface area contributed by atoms with Gasteiger partial charge in [-0.15, -0.1) is 13.2 Å². The highest BCUT2D eigenvalue weighted by molar-refractivity contribution is 7.98. The number of aliphatic hydroxyl groups excluding tert-OH is 1. The molecular weight excluding hydrogens is 512 g/mol. The molecule has 0 aromatic heterocycles. The fourth-order valence-corrected chi connectivity index (χ4v) is 4.89. The van der Waals surface area contributed by atoms with Gasteiger partial charge < -0.3 is 20.5 Å². The smallest absolute Gasteiger partial charge is 0.306 e. The largest absolute Gasteiger partial charge is 0.463 e. The predicted molar refractivity (Wildman–Crippen MR) is 157 cm³/mol. The fourth-order valence-electron chi connectivity index (χ4n) is 3.88. The molecule has 0 aliphatic carbocycles. The summed E-state index contributed by atoms with van der Waals surface area (Å²) < 4.78 is 5.41. The standard InChI is InChI=1S/C31H40N2O5S/c1-3-5-17-30(36)38-21-28(23-39-22-25-15-10-7-11-16-25)33-31(37)26(12-4-2)19-29(35)32-27(20-34)18-24-13-8-6-9-14-24/h3-4,6-11,13-16,26-28,34H,1-2,5,12,17-23H2,(H,32,35)(H,33,37). The number of rotatable bonds is 19. The second-order valence-corrected chi connectivity index (χ2v) is 10.3. The Morgan fingerprint density at radius 2 is 1.59 bits per heavy atom. The number of ether oxygens (including phenoxy) is 1. The van der Waals surface area contributed by atoms with Crippen LogP contribution in [0.4, 0.5) is 0 Å². The first kappa shape index (κ1) is 31.9. The second kappa shape index (κ2) is 18.8. The Kier molecular flexibility index (Phi) is 15.4. The zero-order valence-corrected chi connectivity index (χ0v) is 23.2. The lowest BCUT2D eigenvalue weighted by molar-refractivity contribution is -0.145. The van der Waals surface area contributed by atoms with E-state index in [1.54, 1.807) is 23.9 Å². The van der Waals surface area contributed by atoms with Crippen molar-refractivity contribution in [3.05, 3.63) is 97.1 Å². The average Bonchev–Trinajstić information content (AvgIpc) is 2.95. The molecule has 0 radical (unpaired) electrons. The first-order valence-corrected chi connectivity index (χ1v) is 14.3. The van der Waals surface area contributed by atoms with E-state index in [1.165, 1.54) is 0 Å². The molecule has 2 aromatic carbocycles. The van der Waals surface area contributed by atoms with E-state index in [2.05, 4.69) is 23.8 Å². The van der Waals surface area contributed by atoms with Gasteiger partial charge in [0, 0.05) is 24.3 Å². The third-order valence-electron chi connectivity index (χ3n) is 5.94. The van der Waals surface area contributed by atoms with Crippen molar-refractivity contribution in [1.29, 1.82) is 0 Å². The molecule has 2 rings (SSSR count). The molecule has 3 unspecified atom stereocenters. The summed E-state index contributed by atoms with van der Waals surface area (Å²) in [5, 5.41) is 15.6. The topological polar surface area (TPSA) is 105 Å². The van der Waals surface area contributed by atoms with E-state index < -0.39 is 18.0 Å². The number of thioether (sulfide) groups is 1. The van der Waals surface area contributed by atoms with Gasteiger partial charge in [0.05, 0.1) is 24.6 Å². The first-order valence-electron chi connectivity index (χ1n) is 13.2. The molecule has 3 N–H and O–H groups in total. The molecule has 3 atom stereocenters. The number of hydrogen-bond donors (Lipinski definition) is 3. The van der Waals surface area contributed by atoms with Gasteiger partial charge in [0.15, 0.2) is 0 Å². The van der Waals surface area contributed by atoms with Crippen molar-refractivity contribution in [2.75, 3.05) is 19.0 Å². The summed E-state index contributed by atoms with van der Waals surface area (Å²) in [6, 6.07) is 18.7. The third-order valence-corrected chi connectivity index (χ3v) is 7.11. The highest BCUT2D eigenvalue weighted by Crippen LogP contribution is 2.16. The lowest BCUT2D eigenvalue weighted by Crippen LogP contribution is -2.45. The van der Waals surface area contributed by atoms with Gasteiger partial charge >= 0.3 is 5.97 Å². The number of carbonyl (C=O) groups is 3. The summed E-state index contributed by atoms with van der Waals surface area (Å²) in [7, 11) is 0. The van der Waals surface area contributed by atoms with Crippen LogP contribution in [-0.4, -0.2) is 53.9 Å². The highest BCUT2D eigenvalue weighted by Gasteiger charge is 2.25. The Labute approximate surface area is 236 Å². The van der Waals surface area contributed by atoms with Gasteiger partial charge in [0.25, 0.3) is 0 Å². The molecule has 39 heavy (non-hydrogen) atoms. The van der Waals surface area contributed by atoms with Crippen LogP contribution in [0.3, 0.4) is 0 Å². The number of aliphatic hydroxyl groups is 1. The maximum absolute atomic E-state index is 13.2. The summed E-state index contributed by atoms with van der Waals surface area (Å²) in [4.78, 5) is 38.1. The summed E-state index contributed by atoms with van der Waals surface area (Å²) >= 11 is 1.63. The monoisotopic (exact) mass is 552 g/mol. The van der Waals surface area contributed by atoms with E-state index in [1.807, 2.05) is 60.7 Å². The number of amides is 2. The average molecular weight is 553 g/mol. The Bertz CT molecular complexity index is 1030. The van der Waals surface area contributed by atoms with Crippen LogP contribution in [0.25, 0.3) is 0 Å². The summed E-state index contributed by atoms with van der Waals surface area (Å²) in [6.07, 6.45) is 4.77. The van der Waals surface area contributed by atoms with Crippen LogP contribution in [-0.2, 0) is 31.3 Å². The molecule has 210 valence electrons. The zero-order valence-electron chi connectivity index (χ0n) is 22.4.